The summed E-state index contributed by atoms with van der Waals surface area (Å²) in [5.41, 5.74) is 0. The molecule has 1 saturated carbocycles. The zero-order valence-corrected chi connectivity index (χ0v) is 13.4. The summed E-state index contributed by atoms with van der Waals surface area (Å²) in [7, 11) is 1.69. The van der Waals surface area contributed by atoms with Gasteiger partial charge >= 0.3 is 6.01 Å². The van der Waals surface area contributed by atoms with Crippen LogP contribution in [-0.2, 0) is 11.3 Å². The summed E-state index contributed by atoms with van der Waals surface area (Å²) in [5.74, 6) is 1.99. The van der Waals surface area contributed by atoms with Crippen molar-refractivity contribution in [3.05, 3.63) is 5.89 Å². The molecule has 2 rings (SSSR count). The molecule has 0 saturated heterocycles. The Hall–Kier alpha value is -1.14. The molecule has 1 heterocycles. The molecule has 6 nitrogen and oxygen atoms in total. The van der Waals surface area contributed by atoms with Crippen molar-refractivity contribution < 1.29 is 9.15 Å². The summed E-state index contributed by atoms with van der Waals surface area (Å²) < 4.78 is 10.6. The smallest absolute Gasteiger partial charge is 0.315 e. The largest absolute Gasteiger partial charge is 0.407 e. The van der Waals surface area contributed by atoms with Crippen molar-refractivity contribution >= 4 is 6.01 Å². The molecule has 2 N–H and O–H groups in total. The lowest BCUT2D eigenvalue weighted by Gasteiger charge is -2.34. The first-order valence-corrected chi connectivity index (χ1v) is 7.99. The lowest BCUT2D eigenvalue weighted by atomic mass is 9.78. The van der Waals surface area contributed by atoms with E-state index in [0.717, 1.165) is 6.54 Å². The van der Waals surface area contributed by atoms with E-state index in [9.17, 15) is 0 Å². The Morgan fingerprint density at radius 1 is 1.29 bits per heavy atom. The van der Waals surface area contributed by atoms with E-state index >= 15 is 0 Å². The zero-order valence-electron chi connectivity index (χ0n) is 13.4. The molecule has 0 amide bonds. The van der Waals surface area contributed by atoms with Crippen LogP contribution in [0.1, 0.15) is 45.4 Å². The summed E-state index contributed by atoms with van der Waals surface area (Å²) in [4.78, 5) is 0. The van der Waals surface area contributed by atoms with Crippen LogP contribution in [-0.4, -0.2) is 36.5 Å². The maximum Gasteiger partial charge on any atom is 0.315 e. The Morgan fingerprint density at radius 3 is 2.86 bits per heavy atom. The topological polar surface area (TPSA) is 72.2 Å². The van der Waals surface area contributed by atoms with E-state index in [1.54, 1.807) is 7.11 Å². The van der Waals surface area contributed by atoms with Gasteiger partial charge in [0.1, 0.15) is 0 Å². The van der Waals surface area contributed by atoms with E-state index in [0.29, 0.717) is 42.9 Å². The standard InChI is InChI=1S/C15H28N4O2/c1-11(2)12-6-4-5-7-13(12)17-15-19-18-14(21-15)10-16-8-9-20-3/h11-13,16H,4-10H2,1-3H3,(H,17,19). The summed E-state index contributed by atoms with van der Waals surface area (Å²) in [6, 6.07) is 1.00. The minimum atomic E-state index is 0.452. The molecular formula is C15H28N4O2. The number of aromatic nitrogens is 2. The third-order valence-electron chi connectivity index (χ3n) is 4.21. The summed E-state index contributed by atoms with van der Waals surface area (Å²) in [6.07, 6.45) is 5.08. The summed E-state index contributed by atoms with van der Waals surface area (Å²) in [5, 5.41) is 14.8. The maximum absolute atomic E-state index is 5.66. The lowest BCUT2D eigenvalue weighted by Crippen LogP contribution is -2.35. The average molecular weight is 296 g/mol. The van der Waals surface area contributed by atoms with Gasteiger partial charge in [0.25, 0.3) is 0 Å². The van der Waals surface area contributed by atoms with Gasteiger partial charge in [0.15, 0.2) is 0 Å². The fourth-order valence-electron chi connectivity index (χ4n) is 3.05. The third-order valence-corrected chi connectivity index (χ3v) is 4.21. The Kier molecular flexibility index (Phi) is 6.45. The number of methoxy groups -OCH3 is 1. The predicted molar refractivity (Wildman–Crippen MR) is 82.1 cm³/mol. The quantitative estimate of drug-likeness (QED) is 0.718. The molecule has 21 heavy (non-hydrogen) atoms. The van der Waals surface area contributed by atoms with E-state index in [4.69, 9.17) is 9.15 Å². The van der Waals surface area contributed by atoms with Gasteiger partial charge in [0.05, 0.1) is 13.2 Å². The second kappa shape index (κ2) is 8.34. The third kappa shape index (κ3) is 4.97. The molecule has 0 aromatic carbocycles. The van der Waals surface area contributed by atoms with Gasteiger partial charge in [-0.15, -0.1) is 5.10 Å². The summed E-state index contributed by atoms with van der Waals surface area (Å²) in [6.45, 7) is 6.63. The SMILES string of the molecule is COCCNCc1nnc(NC2CCCCC2C(C)C)o1. The van der Waals surface area contributed by atoms with Crippen LogP contribution in [0.3, 0.4) is 0 Å². The number of anilines is 1. The number of nitrogens with zero attached hydrogens (tertiary/aromatic N) is 2. The molecule has 6 heteroatoms. The molecule has 1 aliphatic carbocycles. The normalized spacial score (nSPS) is 22.7. The van der Waals surface area contributed by atoms with E-state index in [1.165, 1.54) is 25.7 Å². The van der Waals surface area contributed by atoms with Gasteiger partial charge in [0, 0.05) is 19.7 Å². The Morgan fingerprint density at radius 2 is 2.10 bits per heavy atom. The van der Waals surface area contributed by atoms with E-state index in [1.807, 2.05) is 0 Å². The number of rotatable bonds is 8. The molecule has 0 radical (unpaired) electrons. The van der Waals surface area contributed by atoms with Crippen molar-refractivity contribution in [2.45, 2.75) is 52.1 Å². The van der Waals surface area contributed by atoms with E-state index < -0.39 is 0 Å². The van der Waals surface area contributed by atoms with Crippen LogP contribution in [0.2, 0.25) is 0 Å². The molecule has 0 bridgehead atoms. The number of nitrogens with one attached hydrogen (secondary N) is 2. The van der Waals surface area contributed by atoms with Crippen LogP contribution in [0.25, 0.3) is 0 Å². The van der Waals surface area contributed by atoms with Crippen molar-refractivity contribution in [2.75, 3.05) is 25.6 Å². The minimum absolute atomic E-state index is 0.452. The highest BCUT2D eigenvalue weighted by atomic mass is 16.5. The first-order valence-electron chi connectivity index (χ1n) is 7.99. The van der Waals surface area contributed by atoms with Crippen LogP contribution in [0, 0.1) is 11.8 Å². The van der Waals surface area contributed by atoms with Gasteiger partial charge in [0.2, 0.25) is 5.89 Å². The molecule has 1 aromatic rings. The number of hydrogen-bond donors (Lipinski definition) is 2. The molecule has 0 spiro atoms. The van der Waals surface area contributed by atoms with Crippen LogP contribution < -0.4 is 10.6 Å². The van der Waals surface area contributed by atoms with Crippen molar-refractivity contribution in [1.29, 1.82) is 0 Å². The van der Waals surface area contributed by atoms with Crippen molar-refractivity contribution in [3.63, 3.8) is 0 Å². The van der Waals surface area contributed by atoms with Gasteiger partial charge in [-0.1, -0.05) is 31.8 Å². The van der Waals surface area contributed by atoms with Gasteiger partial charge in [-0.25, -0.2) is 0 Å². The van der Waals surface area contributed by atoms with Gasteiger partial charge in [-0.3, -0.25) is 0 Å². The second-order valence-electron chi connectivity index (χ2n) is 6.11. The highest BCUT2D eigenvalue weighted by molar-refractivity contribution is 5.20. The molecule has 1 fully saturated rings. The van der Waals surface area contributed by atoms with E-state index in [2.05, 4.69) is 34.7 Å². The fourth-order valence-corrected chi connectivity index (χ4v) is 3.05. The lowest BCUT2D eigenvalue weighted by molar-refractivity contribution is 0.198. The zero-order chi connectivity index (χ0) is 15.1. The Balaban J connectivity index is 1.83. The van der Waals surface area contributed by atoms with Crippen molar-refractivity contribution in [1.82, 2.24) is 15.5 Å². The van der Waals surface area contributed by atoms with Crippen LogP contribution >= 0.6 is 0 Å². The average Bonchev–Trinajstić information content (AvgIpc) is 2.91. The summed E-state index contributed by atoms with van der Waals surface area (Å²) >= 11 is 0. The number of ether oxygens (including phenoxy) is 1. The molecule has 1 aromatic heterocycles. The Labute approximate surface area is 127 Å². The molecule has 0 aliphatic heterocycles. The molecule has 2 unspecified atom stereocenters. The predicted octanol–water partition coefficient (Wildman–Crippen LogP) is 2.43. The first-order chi connectivity index (χ1) is 10.2. The van der Waals surface area contributed by atoms with E-state index in [-0.39, 0.29) is 0 Å². The van der Waals surface area contributed by atoms with Crippen molar-refractivity contribution in [3.8, 4) is 0 Å². The van der Waals surface area contributed by atoms with Gasteiger partial charge in [-0.2, -0.15) is 0 Å². The molecule has 120 valence electrons. The maximum atomic E-state index is 5.66. The first kappa shape index (κ1) is 16.2. The van der Waals surface area contributed by atoms with Crippen LogP contribution in [0.15, 0.2) is 4.42 Å². The molecule has 1 aliphatic rings. The fraction of sp³-hybridized carbons (Fsp3) is 0.867. The highest BCUT2D eigenvalue weighted by Crippen LogP contribution is 2.32. The van der Waals surface area contributed by atoms with Crippen LogP contribution in [0.5, 0.6) is 0 Å². The number of hydrogen-bond acceptors (Lipinski definition) is 6. The molecular weight excluding hydrogens is 268 g/mol. The minimum Gasteiger partial charge on any atom is -0.407 e. The van der Waals surface area contributed by atoms with Gasteiger partial charge < -0.3 is 19.8 Å². The second-order valence-corrected chi connectivity index (χ2v) is 6.11. The molecule has 2 atom stereocenters. The monoisotopic (exact) mass is 296 g/mol. The van der Waals surface area contributed by atoms with Crippen LogP contribution in [0.4, 0.5) is 6.01 Å². The Bertz CT molecular complexity index is 408. The van der Waals surface area contributed by atoms with Crippen molar-refractivity contribution in [2.24, 2.45) is 11.8 Å². The van der Waals surface area contributed by atoms with Gasteiger partial charge in [-0.05, 0) is 24.7 Å². The highest BCUT2D eigenvalue weighted by Gasteiger charge is 2.28.